The molecule has 0 radical (unpaired) electrons. The molecule has 20 heavy (non-hydrogen) atoms. The molecular formula is C16H22F2NO+. The number of fused-ring (bicyclic) bond motifs is 3. The maximum absolute atomic E-state index is 14.4. The Morgan fingerprint density at radius 3 is 2.35 bits per heavy atom. The first-order valence-electron chi connectivity index (χ1n) is 7.87. The van der Waals surface area contributed by atoms with E-state index in [0.717, 1.165) is 18.8 Å². The molecule has 0 aromatic rings. The quantitative estimate of drug-likeness (QED) is 0.451. The molecule has 0 bridgehead atoms. The largest absolute Gasteiger partial charge is 0.340 e. The lowest BCUT2D eigenvalue weighted by Gasteiger charge is -2.12. The van der Waals surface area contributed by atoms with Crippen molar-refractivity contribution in [3.63, 3.8) is 0 Å². The van der Waals surface area contributed by atoms with Gasteiger partial charge in [0, 0.05) is 6.42 Å². The Bertz CT molecular complexity index is 451. The zero-order valence-corrected chi connectivity index (χ0v) is 11.6. The van der Waals surface area contributed by atoms with E-state index < -0.39 is 18.2 Å². The third kappa shape index (κ3) is 1.74. The van der Waals surface area contributed by atoms with Crippen LogP contribution in [0.4, 0.5) is 8.78 Å². The number of rotatable bonds is 6. The third-order valence-electron chi connectivity index (χ3n) is 5.66. The first kappa shape index (κ1) is 13.0. The van der Waals surface area contributed by atoms with Crippen molar-refractivity contribution in [2.24, 2.45) is 5.92 Å². The Balaban J connectivity index is 1.35. The number of allylic oxidation sites excluding steroid dienone is 2. The van der Waals surface area contributed by atoms with Crippen LogP contribution >= 0.6 is 0 Å². The Labute approximate surface area is 118 Å². The minimum atomic E-state index is -2.72. The molecule has 0 aromatic heterocycles. The molecule has 4 unspecified atom stereocenters. The van der Waals surface area contributed by atoms with E-state index in [4.69, 9.17) is 0 Å². The SMILES string of the molecule is OC1C(C(F)(F)CCCCC2CC2)[N+]12C1C=CC=CC12. The molecule has 4 rings (SSSR count). The van der Waals surface area contributed by atoms with Gasteiger partial charge in [0.05, 0.1) is 0 Å². The van der Waals surface area contributed by atoms with Crippen LogP contribution in [-0.2, 0) is 0 Å². The van der Waals surface area contributed by atoms with Gasteiger partial charge in [0.2, 0.25) is 6.04 Å². The van der Waals surface area contributed by atoms with Gasteiger partial charge in [0.15, 0.2) is 12.1 Å². The number of hydrogen-bond donors (Lipinski definition) is 1. The standard InChI is InChI=1S/C16H22F2NO/c17-16(18,10-4-3-5-11-8-9-11)14-15(20)19(14)12-6-1-2-7-13(12)19/h1-2,6-7,11-15,20H,3-5,8-10H2/q+1. The van der Waals surface area contributed by atoms with Crippen LogP contribution in [0.2, 0.25) is 0 Å². The summed E-state index contributed by atoms with van der Waals surface area (Å²) in [5, 5.41) is 10.1. The molecule has 2 nitrogen and oxygen atoms in total. The molecular weight excluding hydrogens is 260 g/mol. The van der Waals surface area contributed by atoms with Crippen molar-refractivity contribution in [1.29, 1.82) is 0 Å². The van der Waals surface area contributed by atoms with Gasteiger partial charge in [-0.1, -0.05) is 37.8 Å². The summed E-state index contributed by atoms with van der Waals surface area (Å²) in [6.07, 6.45) is 12.0. The first-order valence-corrected chi connectivity index (χ1v) is 7.87. The molecule has 1 N–H and O–H groups in total. The topological polar surface area (TPSA) is 20.2 Å². The van der Waals surface area contributed by atoms with Crippen LogP contribution in [0.25, 0.3) is 0 Å². The fraction of sp³-hybridized carbons (Fsp3) is 0.750. The highest BCUT2D eigenvalue weighted by molar-refractivity contribution is 5.28. The summed E-state index contributed by atoms with van der Waals surface area (Å²) in [4.78, 5) is 0. The number of aliphatic hydroxyl groups is 1. The lowest BCUT2D eigenvalue weighted by Crippen LogP contribution is -2.29. The van der Waals surface area contributed by atoms with Crippen molar-refractivity contribution in [2.45, 2.75) is 68.8 Å². The number of hydrogen-bond acceptors (Lipinski definition) is 1. The lowest BCUT2D eigenvalue weighted by molar-refractivity contribution is -0.728. The van der Waals surface area contributed by atoms with Gasteiger partial charge < -0.3 is 5.11 Å². The van der Waals surface area contributed by atoms with Crippen molar-refractivity contribution < 1.29 is 18.4 Å². The average molecular weight is 282 g/mol. The highest BCUT2D eigenvalue weighted by Crippen LogP contribution is 2.64. The van der Waals surface area contributed by atoms with E-state index in [0.29, 0.717) is 6.42 Å². The van der Waals surface area contributed by atoms with E-state index in [9.17, 15) is 13.9 Å². The molecule has 0 amide bonds. The minimum Gasteiger partial charge on any atom is -0.340 e. The van der Waals surface area contributed by atoms with E-state index in [1.54, 1.807) is 0 Å². The summed E-state index contributed by atoms with van der Waals surface area (Å²) >= 11 is 0. The van der Waals surface area contributed by atoms with Gasteiger partial charge >= 0.3 is 5.92 Å². The van der Waals surface area contributed by atoms with Crippen molar-refractivity contribution in [3.8, 4) is 0 Å². The zero-order valence-electron chi connectivity index (χ0n) is 11.6. The average Bonchev–Trinajstić information content (AvgIpc) is 3.31. The Morgan fingerprint density at radius 2 is 1.75 bits per heavy atom. The summed E-state index contributed by atoms with van der Waals surface area (Å²) in [6, 6.07) is -0.680. The number of nitrogens with zero attached hydrogens (tertiary/aromatic N) is 1. The van der Waals surface area contributed by atoms with E-state index in [2.05, 4.69) is 0 Å². The number of unbranched alkanes of at least 4 members (excludes halogenated alkanes) is 1. The Morgan fingerprint density at radius 1 is 1.10 bits per heavy atom. The number of aliphatic hydroxyl groups excluding tert-OH is 1. The fourth-order valence-corrected chi connectivity index (χ4v) is 4.28. The molecule has 4 atom stereocenters. The summed E-state index contributed by atoms with van der Waals surface area (Å²) < 4.78 is 28.9. The predicted octanol–water partition coefficient (Wildman–Crippen LogP) is 2.99. The van der Waals surface area contributed by atoms with Gasteiger partial charge in [0.1, 0.15) is 0 Å². The van der Waals surface area contributed by atoms with Crippen LogP contribution in [0.5, 0.6) is 0 Å². The predicted molar refractivity (Wildman–Crippen MR) is 72.1 cm³/mol. The molecule has 2 aliphatic carbocycles. The Hall–Kier alpha value is -0.740. The number of alkyl halides is 2. The molecule has 110 valence electrons. The van der Waals surface area contributed by atoms with Gasteiger partial charge in [0.25, 0.3) is 6.23 Å². The van der Waals surface area contributed by atoms with Crippen LogP contribution < -0.4 is 0 Å². The third-order valence-corrected chi connectivity index (χ3v) is 5.66. The van der Waals surface area contributed by atoms with Gasteiger partial charge in [-0.25, -0.2) is 0 Å². The first-order chi connectivity index (χ1) is 9.58. The van der Waals surface area contributed by atoms with Gasteiger partial charge in [-0.15, -0.1) is 0 Å². The van der Waals surface area contributed by atoms with Crippen LogP contribution in [0.1, 0.15) is 38.5 Å². The van der Waals surface area contributed by atoms with Gasteiger partial charge in [-0.05, 0) is 24.5 Å². The van der Waals surface area contributed by atoms with Crippen LogP contribution in [0.15, 0.2) is 24.3 Å². The van der Waals surface area contributed by atoms with Crippen LogP contribution in [-0.4, -0.2) is 39.9 Å². The van der Waals surface area contributed by atoms with E-state index in [1.165, 1.54) is 12.8 Å². The van der Waals surface area contributed by atoms with E-state index >= 15 is 0 Å². The molecule has 1 saturated carbocycles. The molecule has 4 aliphatic rings. The van der Waals surface area contributed by atoms with Crippen LogP contribution in [0.3, 0.4) is 0 Å². The number of quaternary nitrogens is 1. The van der Waals surface area contributed by atoms with Crippen molar-refractivity contribution in [2.75, 3.05) is 0 Å². The summed E-state index contributed by atoms with van der Waals surface area (Å²) in [5.41, 5.74) is 0. The highest BCUT2D eigenvalue weighted by Gasteiger charge is 2.91. The second-order valence-electron chi connectivity index (χ2n) is 6.95. The van der Waals surface area contributed by atoms with Crippen molar-refractivity contribution in [3.05, 3.63) is 24.3 Å². The smallest absolute Gasteiger partial charge is 0.307 e. The molecule has 2 saturated heterocycles. The molecule has 4 heteroatoms. The highest BCUT2D eigenvalue weighted by atomic mass is 19.3. The summed E-state index contributed by atoms with van der Waals surface area (Å²) in [6.45, 7) is 0. The minimum absolute atomic E-state index is 0.0612. The van der Waals surface area contributed by atoms with Crippen molar-refractivity contribution in [1.82, 2.24) is 0 Å². The summed E-state index contributed by atoms with van der Waals surface area (Å²) in [5.74, 6) is -1.90. The Kier molecular flexibility index (Phi) is 2.68. The van der Waals surface area contributed by atoms with Gasteiger partial charge in [-0.2, -0.15) is 8.78 Å². The molecule has 2 aliphatic heterocycles. The maximum Gasteiger partial charge on any atom is 0.307 e. The maximum atomic E-state index is 14.4. The normalized spacial score (nSPS) is 44.8. The van der Waals surface area contributed by atoms with E-state index in [-0.39, 0.29) is 23.0 Å². The number of halogens is 2. The second-order valence-corrected chi connectivity index (χ2v) is 6.95. The fourth-order valence-electron chi connectivity index (χ4n) is 4.28. The zero-order chi connectivity index (χ0) is 14.0. The summed E-state index contributed by atoms with van der Waals surface area (Å²) in [7, 11) is 0. The van der Waals surface area contributed by atoms with E-state index in [1.807, 2.05) is 24.3 Å². The molecule has 2 heterocycles. The van der Waals surface area contributed by atoms with Gasteiger partial charge in [-0.3, -0.25) is 4.48 Å². The molecule has 3 fully saturated rings. The lowest BCUT2D eigenvalue weighted by atomic mass is 10.1. The molecule has 0 aromatic carbocycles. The molecule has 1 spiro atoms. The van der Waals surface area contributed by atoms with Crippen LogP contribution in [0, 0.1) is 5.92 Å². The van der Waals surface area contributed by atoms with Crippen molar-refractivity contribution >= 4 is 0 Å². The monoisotopic (exact) mass is 282 g/mol. The second kappa shape index (κ2) is 4.14.